The van der Waals surface area contributed by atoms with E-state index in [1.165, 1.54) is 0 Å². The second kappa shape index (κ2) is 3.74. The van der Waals surface area contributed by atoms with E-state index in [4.69, 9.17) is 11.5 Å². The summed E-state index contributed by atoms with van der Waals surface area (Å²) in [5.74, 6) is 0. The molecule has 0 bridgehead atoms. The van der Waals surface area contributed by atoms with Gasteiger partial charge in [0.05, 0.1) is 0 Å². The summed E-state index contributed by atoms with van der Waals surface area (Å²) in [6.45, 7) is 7.53. The third-order valence-corrected chi connectivity index (χ3v) is 2.65. The summed E-state index contributed by atoms with van der Waals surface area (Å²) in [6, 6.07) is 9.80. The monoisotopic (exact) mass is 210 g/mol. The van der Waals surface area contributed by atoms with Gasteiger partial charge in [0.15, 0.2) is 0 Å². The summed E-state index contributed by atoms with van der Waals surface area (Å²) in [5.41, 5.74) is 14.8. The van der Waals surface area contributed by atoms with Gasteiger partial charge in [0, 0.05) is 22.3 Å². The molecular weight excluding hydrogens is 196 g/mol. The van der Waals surface area contributed by atoms with E-state index in [0.29, 0.717) is 5.70 Å². The third-order valence-electron chi connectivity index (χ3n) is 2.65. The molecule has 0 saturated carbocycles. The number of nitrogens with two attached hydrogens (primary N) is 2. The molecule has 0 atom stereocenters. The minimum Gasteiger partial charge on any atom is -0.399 e. The fourth-order valence-electron chi connectivity index (χ4n) is 1.81. The molecule has 2 nitrogen and oxygen atoms in total. The van der Waals surface area contributed by atoms with Crippen molar-refractivity contribution in [3.8, 4) is 0 Å². The van der Waals surface area contributed by atoms with Crippen molar-refractivity contribution >= 4 is 28.2 Å². The number of fused-ring (bicyclic) bond motifs is 1. The summed E-state index contributed by atoms with van der Waals surface area (Å²) in [7, 11) is 0. The van der Waals surface area contributed by atoms with E-state index in [0.717, 1.165) is 27.6 Å². The Kier molecular flexibility index (Phi) is 2.41. The minimum atomic E-state index is 0.528. The van der Waals surface area contributed by atoms with Crippen LogP contribution in [0.15, 0.2) is 43.5 Å². The van der Waals surface area contributed by atoms with Crippen molar-refractivity contribution in [3.05, 3.63) is 54.6 Å². The van der Waals surface area contributed by atoms with Crippen molar-refractivity contribution in [2.24, 2.45) is 5.73 Å². The molecule has 0 aliphatic rings. The van der Waals surface area contributed by atoms with E-state index in [1.807, 2.05) is 30.3 Å². The lowest BCUT2D eigenvalue weighted by Gasteiger charge is -2.09. The zero-order chi connectivity index (χ0) is 11.7. The third kappa shape index (κ3) is 1.54. The maximum absolute atomic E-state index is 5.92. The van der Waals surface area contributed by atoms with Crippen LogP contribution in [-0.2, 0) is 0 Å². The zero-order valence-electron chi connectivity index (χ0n) is 9.03. The lowest BCUT2D eigenvalue weighted by atomic mass is 9.98. The van der Waals surface area contributed by atoms with Crippen LogP contribution in [0.4, 0.5) is 5.69 Å². The van der Waals surface area contributed by atoms with E-state index < -0.39 is 0 Å². The topological polar surface area (TPSA) is 52.0 Å². The maximum Gasteiger partial charge on any atom is 0.0393 e. The Morgan fingerprint density at radius 1 is 1.25 bits per heavy atom. The Bertz CT molecular complexity index is 583. The first kappa shape index (κ1) is 10.3. The van der Waals surface area contributed by atoms with E-state index in [2.05, 4.69) is 13.2 Å². The molecule has 0 heterocycles. The number of anilines is 1. The van der Waals surface area contributed by atoms with Crippen LogP contribution in [0.2, 0.25) is 0 Å². The van der Waals surface area contributed by atoms with E-state index in [-0.39, 0.29) is 0 Å². The molecule has 0 saturated heterocycles. The smallest absolute Gasteiger partial charge is 0.0393 e. The van der Waals surface area contributed by atoms with Crippen molar-refractivity contribution < 1.29 is 0 Å². The van der Waals surface area contributed by atoms with Crippen LogP contribution in [0.25, 0.3) is 22.5 Å². The minimum absolute atomic E-state index is 0.528. The molecule has 0 spiro atoms. The molecule has 16 heavy (non-hydrogen) atoms. The fourth-order valence-corrected chi connectivity index (χ4v) is 1.81. The van der Waals surface area contributed by atoms with Crippen LogP contribution < -0.4 is 11.5 Å². The predicted molar refractivity (Wildman–Crippen MR) is 71.7 cm³/mol. The van der Waals surface area contributed by atoms with Crippen molar-refractivity contribution in [3.63, 3.8) is 0 Å². The number of hydrogen-bond donors (Lipinski definition) is 2. The molecule has 2 heteroatoms. The lowest BCUT2D eigenvalue weighted by Crippen LogP contribution is -1.98. The zero-order valence-corrected chi connectivity index (χ0v) is 9.03. The van der Waals surface area contributed by atoms with Gasteiger partial charge in [-0.3, -0.25) is 0 Å². The molecule has 0 unspecified atom stereocenters. The highest BCUT2D eigenvalue weighted by molar-refractivity contribution is 5.97. The average Bonchev–Trinajstić information content (AvgIpc) is 2.27. The van der Waals surface area contributed by atoms with Crippen LogP contribution in [-0.4, -0.2) is 0 Å². The first-order valence-electron chi connectivity index (χ1n) is 5.03. The SMILES string of the molecule is C=Cc1cc2cccc(N)c2cc1C(=C)N. The van der Waals surface area contributed by atoms with Gasteiger partial charge < -0.3 is 11.5 Å². The first-order chi connectivity index (χ1) is 7.63. The summed E-state index contributed by atoms with van der Waals surface area (Å²) in [6.07, 6.45) is 1.77. The highest BCUT2D eigenvalue weighted by atomic mass is 14.6. The number of rotatable bonds is 2. The number of benzene rings is 2. The van der Waals surface area contributed by atoms with Crippen molar-refractivity contribution in [1.29, 1.82) is 0 Å². The fraction of sp³-hybridized carbons (Fsp3) is 0. The van der Waals surface area contributed by atoms with Gasteiger partial charge >= 0.3 is 0 Å². The maximum atomic E-state index is 5.92. The molecule has 0 aliphatic carbocycles. The molecule has 2 aromatic carbocycles. The normalized spacial score (nSPS) is 10.2. The van der Waals surface area contributed by atoms with E-state index >= 15 is 0 Å². The number of hydrogen-bond acceptors (Lipinski definition) is 2. The summed E-state index contributed by atoms with van der Waals surface area (Å²) in [4.78, 5) is 0. The average molecular weight is 210 g/mol. The Balaban J connectivity index is 2.86. The van der Waals surface area contributed by atoms with Crippen LogP contribution in [0.1, 0.15) is 11.1 Å². The van der Waals surface area contributed by atoms with Gasteiger partial charge in [0.1, 0.15) is 0 Å². The Hall–Kier alpha value is -2.22. The summed E-state index contributed by atoms with van der Waals surface area (Å²) in [5, 5.41) is 2.08. The number of nitrogen functional groups attached to an aromatic ring is 1. The van der Waals surface area contributed by atoms with Gasteiger partial charge in [-0.05, 0) is 29.1 Å². The van der Waals surface area contributed by atoms with E-state index in [9.17, 15) is 0 Å². The molecule has 4 N–H and O–H groups in total. The second-order valence-electron chi connectivity index (χ2n) is 3.74. The first-order valence-corrected chi connectivity index (χ1v) is 5.03. The highest BCUT2D eigenvalue weighted by Crippen LogP contribution is 2.27. The standard InChI is InChI=1S/C14H14N2/c1-3-10-7-11-5-4-6-14(16)13(11)8-12(10)9(2)15/h3-8H,1-2,15-16H2. The molecular formula is C14H14N2. The summed E-state index contributed by atoms with van der Waals surface area (Å²) >= 11 is 0. The Labute approximate surface area is 94.9 Å². The molecule has 2 rings (SSSR count). The lowest BCUT2D eigenvalue weighted by molar-refractivity contribution is 1.53. The molecule has 80 valence electrons. The largest absolute Gasteiger partial charge is 0.399 e. The van der Waals surface area contributed by atoms with Gasteiger partial charge in [-0.2, -0.15) is 0 Å². The van der Waals surface area contributed by atoms with Crippen LogP contribution in [0.5, 0.6) is 0 Å². The molecule has 2 aromatic rings. The molecule has 0 fully saturated rings. The van der Waals surface area contributed by atoms with Crippen molar-refractivity contribution in [2.75, 3.05) is 5.73 Å². The van der Waals surface area contributed by atoms with Crippen molar-refractivity contribution in [1.82, 2.24) is 0 Å². The van der Waals surface area contributed by atoms with E-state index in [1.54, 1.807) is 6.08 Å². The van der Waals surface area contributed by atoms with Crippen molar-refractivity contribution in [2.45, 2.75) is 0 Å². The van der Waals surface area contributed by atoms with Crippen LogP contribution >= 0.6 is 0 Å². The summed E-state index contributed by atoms with van der Waals surface area (Å²) < 4.78 is 0. The van der Waals surface area contributed by atoms with Crippen LogP contribution in [0.3, 0.4) is 0 Å². The predicted octanol–water partition coefficient (Wildman–Crippen LogP) is 2.99. The second-order valence-corrected chi connectivity index (χ2v) is 3.74. The molecule has 0 aliphatic heterocycles. The van der Waals surface area contributed by atoms with Gasteiger partial charge in [-0.25, -0.2) is 0 Å². The Morgan fingerprint density at radius 3 is 2.62 bits per heavy atom. The molecule has 0 aromatic heterocycles. The Morgan fingerprint density at radius 2 is 2.00 bits per heavy atom. The molecule has 0 amide bonds. The highest BCUT2D eigenvalue weighted by Gasteiger charge is 2.05. The van der Waals surface area contributed by atoms with Gasteiger partial charge in [0.2, 0.25) is 0 Å². The van der Waals surface area contributed by atoms with Gasteiger partial charge in [-0.15, -0.1) is 0 Å². The van der Waals surface area contributed by atoms with Crippen LogP contribution in [0, 0.1) is 0 Å². The van der Waals surface area contributed by atoms with Gasteiger partial charge in [-0.1, -0.05) is 31.4 Å². The molecule has 0 radical (unpaired) electrons. The van der Waals surface area contributed by atoms with Gasteiger partial charge in [0.25, 0.3) is 0 Å². The quantitative estimate of drug-likeness (QED) is 0.749.